The van der Waals surface area contributed by atoms with Gasteiger partial charge in [-0.3, -0.25) is 0 Å². The lowest BCUT2D eigenvalue weighted by molar-refractivity contribution is 0.0265. The van der Waals surface area contributed by atoms with Crippen LogP contribution >= 0.6 is 11.7 Å². The van der Waals surface area contributed by atoms with E-state index in [2.05, 4.69) is 8.75 Å². The summed E-state index contributed by atoms with van der Waals surface area (Å²) in [5.41, 5.74) is 0.275. The van der Waals surface area contributed by atoms with Gasteiger partial charge in [0.25, 0.3) is 0 Å². The zero-order chi connectivity index (χ0) is 9.10. The normalized spacial score (nSPS) is 21.7. The minimum atomic E-state index is -0.413. The summed E-state index contributed by atoms with van der Waals surface area (Å²) in [6.07, 6.45) is 2.06. The maximum absolute atomic E-state index is 11.3. The fraction of sp³-hybridized carbons (Fsp3) is 0.571. The molecule has 1 fully saturated rings. The second-order valence-electron chi connectivity index (χ2n) is 2.68. The maximum Gasteiger partial charge on any atom is 0.360 e. The van der Waals surface area contributed by atoms with Crippen molar-refractivity contribution in [2.45, 2.75) is 12.5 Å². The summed E-state index contributed by atoms with van der Waals surface area (Å²) in [6, 6.07) is 0. The molecule has 0 saturated carbocycles. The molecule has 1 atom stereocenters. The van der Waals surface area contributed by atoms with Gasteiger partial charge in [-0.1, -0.05) is 0 Å². The molecule has 2 rings (SSSR count). The molecule has 0 bridgehead atoms. The highest BCUT2D eigenvalue weighted by Gasteiger charge is 2.21. The van der Waals surface area contributed by atoms with Crippen molar-refractivity contribution in [2.24, 2.45) is 0 Å². The first-order valence-electron chi connectivity index (χ1n) is 3.92. The van der Waals surface area contributed by atoms with Crippen LogP contribution in [0.25, 0.3) is 0 Å². The van der Waals surface area contributed by atoms with Crippen LogP contribution in [0.15, 0.2) is 6.20 Å². The number of rotatable bonds is 2. The summed E-state index contributed by atoms with van der Waals surface area (Å²) in [4.78, 5) is 11.3. The Balaban J connectivity index is 1.91. The molecule has 13 heavy (non-hydrogen) atoms. The second kappa shape index (κ2) is 3.80. The number of carbonyl (C=O) groups is 1. The lowest BCUT2D eigenvalue weighted by Crippen LogP contribution is -2.18. The van der Waals surface area contributed by atoms with Gasteiger partial charge in [0.2, 0.25) is 0 Å². The van der Waals surface area contributed by atoms with E-state index >= 15 is 0 Å². The van der Waals surface area contributed by atoms with Crippen molar-refractivity contribution in [1.29, 1.82) is 0 Å². The molecular formula is C7H8N2O3S. The Labute approximate surface area is 79.0 Å². The smallest absolute Gasteiger partial charge is 0.360 e. The van der Waals surface area contributed by atoms with Crippen molar-refractivity contribution in [1.82, 2.24) is 8.75 Å². The quantitative estimate of drug-likeness (QED) is 0.650. The maximum atomic E-state index is 11.3. The fourth-order valence-electron chi connectivity index (χ4n) is 1.07. The number of ether oxygens (including phenoxy) is 2. The van der Waals surface area contributed by atoms with Gasteiger partial charge in [0.05, 0.1) is 31.1 Å². The Hall–Kier alpha value is -1.01. The van der Waals surface area contributed by atoms with Crippen LogP contribution in [0.5, 0.6) is 0 Å². The van der Waals surface area contributed by atoms with Gasteiger partial charge in [-0.15, -0.1) is 0 Å². The number of aromatic nitrogens is 2. The van der Waals surface area contributed by atoms with Crippen molar-refractivity contribution in [2.75, 3.05) is 13.2 Å². The summed E-state index contributed by atoms with van der Waals surface area (Å²) in [5.74, 6) is -0.413. The van der Waals surface area contributed by atoms with Gasteiger partial charge in [-0.25, -0.2) is 4.79 Å². The highest BCUT2D eigenvalue weighted by atomic mass is 32.1. The summed E-state index contributed by atoms with van der Waals surface area (Å²) in [6.45, 7) is 1.15. The van der Waals surface area contributed by atoms with Crippen molar-refractivity contribution >= 4 is 17.7 Å². The Bertz CT molecular complexity index is 282. The van der Waals surface area contributed by atoms with Crippen LogP contribution in [0.4, 0.5) is 0 Å². The zero-order valence-corrected chi connectivity index (χ0v) is 7.62. The molecule has 2 heterocycles. The van der Waals surface area contributed by atoms with Gasteiger partial charge in [-0.05, 0) is 0 Å². The molecule has 5 nitrogen and oxygen atoms in total. The van der Waals surface area contributed by atoms with Crippen LogP contribution < -0.4 is 0 Å². The van der Waals surface area contributed by atoms with Gasteiger partial charge in [-0.2, -0.15) is 8.75 Å². The van der Waals surface area contributed by atoms with Gasteiger partial charge in [0, 0.05) is 6.42 Å². The van der Waals surface area contributed by atoms with E-state index in [-0.39, 0.29) is 11.8 Å². The highest BCUT2D eigenvalue weighted by molar-refractivity contribution is 6.99. The molecule has 1 aliphatic heterocycles. The molecule has 0 aromatic carbocycles. The first-order chi connectivity index (χ1) is 6.36. The van der Waals surface area contributed by atoms with Gasteiger partial charge in [0.1, 0.15) is 6.10 Å². The molecular weight excluding hydrogens is 192 g/mol. The van der Waals surface area contributed by atoms with Gasteiger partial charge >= 0.3 is 5.97 Å². The molecule has 1 aromatic heterocycles. The van der Waals surface area contributed by atoms with Crippen molar-refractivity contribution in [3.63, 3.8) is 0 Å². The van der Waals surface area contributed by atoms with E-state index in [9.17, 15) is 4.79 Å². The van der Waals surface area contributed by atoms with Crippen LogP contribution in [0.2, 0.25) is 0 Å². The molecule has 1 aromatic rings. The van der Waals surface area contributed by atoms with E-state index in [0.717, 1.165) is 18.1 Å². The van der Waals surface area contributed by atoms with E-state index in [1.807, 2.05) is 0 Å². The largest absolute Gasteiger partial charge is 0.455 e. The minimum Gasteiger partial charge on any atom is -0.455 e. The topological polar surface area (TPSA) is 61.3 Å². The van der Waals surface area contributed by atoms with Gasteiger partial charge < -0.3 is 9.47 Å². The van der Waals surface area contributed by atoms with Crippen LogP contribution in [0, 0.1) is 0 Å². The van der Waals surface area contributed by atoms with Crippen LogP contribution in [-0.4, -0.2) is 34.0 Å². The first-order valence-corrected chi connectivity index (χ1v) is 4.65. The third-order valence-electron chi connectivity index (χ3n) is 1.73. The predicted octanol–water partition coefficient (Wildman–Crippen LogP) is 0.484. The third-order valence-corrected chi connectivity index (χ3v) is 2.21. The minimum absolute atomic E-state index is 0.116. The van der Waals surface area contributed by atoms with E-state index in [4.69, 9.17) is 9.47 Å². The Morgan fingerprint density at radius 3 is 3.31 bits per heavy atom. The number of nitrogens with zero attached hydrogens (tertiary/aromatic N) is 2. The molecule has 0 spiro atoms. The first kappa shape index (κ1) is 8.58. The number of hydrogen-bond donors (Lipinski definition) is 0. The molecule has 0 amide bonds. The van der Waals surface area contributed by atoms with E-state index in [0.29, 0.717) is 13.2 Å². The van der Waals surface area contributed by atoms with Gasteiger partial charge in [0.15, 0.2) is 5.69 Å². The highest BCUT2D eigenvalue weighted by Crippen LogP contribution is 2.10. The SMILES string of the molecule is O=C(O[C@H]1CCOC1)c1cnsn1. The van der Waals surface area contributed by atoms with Crippen molar-refractivity contribution in [3.8, 4) is 0 Å². The molecule has 0 aliphatic carbocycles. The average molecular weight is 200 g/mol. The van der Waals surface area contributed by atoms with E-state index in [1.54, 1.807) is 0 Å². The molecule has 0 radical (unpaired) electrons. The predicted molar refractivity (Wildman–Crippen MR) is 44.5 cm³/mol. The molecule has 6 heteroatoms. The summed E-state index contributed by atoms with van der Waals surface area (Å²) < 4.78 is 17.7. The van der Waals surface area contributed by atoms with E-state index in [1.165, 1.54) is 6.20 Å². The molecule has 1 aliphatic rings. The van der Waals surface area contributed by atoms with Crippen LogP contribution in [-0.2, 0) is 9.47 Å². The summed E-state index contributed by atoms with van der Waals surface area (Å²) in [5, 5.41) is 0. The van der Waals surface area contributed by atoms with Crippen molar-refractivity contribution in [3.05, 3.63) is 11.9 Å². The Morgan fingerprint density at radius 1 is 1.77 bits per heavy atom. The Kier molecular flexibility index (Phi) is 2.51. The molecule has 0 N–H and O–H groups in total. The monoisotopic (exact) mass is 200 g/mol. The zero-order valence-electron chi connectivity index (χ0n) is 6.80. The number of esters is 1. The number of carbonyl (C=O) groups excluding carboxylic acids is 1. The van der Waals surface area contributed by atoms with Crippen LogP contribution in [0.1, 0.15) is 16.9 Å². The summed E-state index contributed by atoms with van der Waals surface area (Å²) in [7, 11) is 0. The Morgan fingerprint density at radius 2 is 2.69 bits per heavy atom. The summed E-state index contributed by atoms with van der Waals surface area (Å²) >= 11 is 0.994. The average Bonchev–Trinajstić information content (AvgIpc) is 2.74. The molecule has 0 unspecified atom stereocenters. The van der Waals surface area contributed by atoms with Crippen LogP contribution in [0.3, 0.4) is 0 Å². The van der Waals surface area contributed by atoms with Crippen molar-refractivity contribution < 1.29 is 14.3 Å². The molecule has 1 saturated heterocycles. The third kappa shape index (κ3) is 2.02. The lowest BCUT2D eigenvalue weighted by atomic mass is 10.3. The second-order valence-corrected chi connectivity index (χ2v) is 3.24. The fourth-order valence-corrected chi connectivity index (χ4v) is 1.48. The lowest BCUT2D eigenvalue weighted by Gasteiger charge is -2.07. The standard InChI is InChI=1S/C7H8N2O3S/c10-7(6-3-8-13-9-6)12-5-1-2-11-4-5/h3,5H,1-2,4H2/t5-/m0/s1. The number of hydrogen-bond acceptors (Lipinski definition) is 6. The molecule has 70 valence electrons. The van der Waals surface area contributed by atoms with E-state index < -0.39 is 5.97 Å².